The van der Waals surface area contributed by atoms with E-state index in [1.54, 1.807) is 0 Å². The van der Waals surface area contributed by atoms with Crippen molar-refractivity contribution < 1.29 is 9.84 Å². The summed E-state index contributed by atoms with van der Waals surface area (Å²) in [4.78, 5) is 0. The van der Waals surface area contributed by atoms with E-state index in [0.717, 1.165) is 39.0 Å². The molecule has 0 aliphatic carbocycles. The number of hydrogen-bond acceptors (Lipinski definition) is 3. The minimum Gasteiger partial charge on any atom is -0.393 e. The normalized spacial score (nSPS) is 43.2. The van der Waals surface area contributed by atoms with Crippen LogP contribution in [0.4, 0.5) is 0 Å². The van der Waals surface area contributed by atoms with Crippen molar-refractivity contribution >= 4 is 0 Å². The molecule has 0 aromatic heterocycles. The number of piperidine rings is 1. The summed E-state index contributed by atoms with van der Waals surface area (Å²) in [5, 5.41) is 12.8. The largest absolute Gasteiger partial charge is 0.393 e. The highest BCUT2D eigenvalue weighted by atomic mass is 16.5. The van der Waals surface area contributed by atoms with E-state index in [0.29, 0.717) is 0 Å². The Bertz CT molecular complexity index is 149. The third-order valence-corrected chi connectivity index (χ3v) is 2.90. The van der Waals surface area contributed by atoms with Crippen molar-refractivity contribution in [1.82, 2.24) is 5.32 Å². The van der Waals surface area contributed by atoms with E-state index < -0.39 is 0 Å². The molecule has 2 rings (SSSR count). The Labute approximate surface area is 73.1 Å². The molecule has 2 heterocycles. The van der Waals surface area contributed by atoms with E-state index in [1.807, 2.05) is 0 Å². The first-order valence-corrected chi connectivity index (χ1v) is 4.84. The summed E-state index contributed by atoms with van der Waals surface area (Å²) in [6.45, 7) is 2.74. The molecule has 0 saturated carbocycles. The molecule has 70 valence electrons. The molecular weight excluding hydrogens is 154 g/mol. The van der Waals surface area contributed by atoms with Crippen LogP contribution < -0.4 is 5.32 Å². The molecule has 2 aliphatic heterocycles. The maximum Gasteiger partial charge on any atom is 0.0831 e. The molecule has 2 saturated heterocycles. The summed E-state index contributed by atoms with van der Waals surface area (Å²) >= 11 is 0. The summed E-state index contributed by atoms with van der Waals surface area (Å²) in [5.41, 5.74) is -0.0318. The van der Waals surface area contributed by atoms with Crippen molar-refractivity contribution in [2.75, 3.05) is 19.7 Å². The van der Waals surface area contributed by atoms with Crippen LogP contribution in [0, 0.1) is 0 Å². The lowest BCUT2D eigenvalue weighted by atomic mass is 9.85. The summed E-state index contributed by atoms with van der Waals surface area (Å²) in [6, 6.07) is 0. The van der Waals surface area contributed by atoms with Crippen molar-refractivity contribution in [3.8, 4) is 0 Å². The average molecular weight is 171 g/mol. The van der Waals surface area contributed by atoms with Crippen LogP contribution in [-0.4, -0.2) is 36.5 Å². The average Bonchev–Trinajstić information content (AvgIpc) is 2.05. The maximum atomic E-state index is 9.52. The second-order valence-electron chi connectivity index (χ2n) is 3.96. The number of nitrogens with one attached hydrogen (secondary N) is 1. The van der Waals surface area contributed by atoms with Crippen LogP contribution in [0.5, 0.6) is 0 Å². The molecule has 2 unspecified atom stereocenters. The minimum absolute atomic E-state index is 0.0318. The fraction of sp³-hybridized carbons (Fsp3) is 1.00. The monoisotopic (exact) mass is 171 g/mol. The van der Waals surface area contributed by atoms with Crippen LogP contribution in [0.3, 0.4) is 0 Å². The van der Waals surface area contributed by atoms with E-state index in [4.69, 9.17) is 4.74 Å². The van der Waals surface area contributed by atoms with E-state index in [1.165, 1.54) is 6.42 Å². The highest BCUT2D eigenvalue weighted by Crippen LogP contribution is 2.30. The van der Waals surface area contributed by atoms with Crippen molar-refractivity contribution in [1.29, 1.82) is 0 Å². The molecule has 1 spiro atoms. The molecule has 2 aliphatic rings. The van der Waals surface area contributed by atoms with Gasteiger partial charge in [0.05, 0.1) is 11.7 Å². The van der Waals surface area contributed by atoms with Gasteiger partial charge in [-0.15, -0.1) is 0 Å². The van der Waals surface area contributed by atoms with Gasteiger partial charge in [0, 0.05) is 19.6 Å². The van der Waals surface area contributed by atoms with Crippen molar-refractivity contribution in [3.63, 3.8) is 0 Å². The molecule has 12 heavy (non-hydrogen) atoms. The molecule has 0 bridgehead atoms. The number of aliphatic hydroxyl groups is 1. The molecule has 0 amide bonds. The van der Waals surface area contributed by atoms with Gasteiger partial charge in [-0.25, -0.2) is 0 Å². The van der Waals surface area contributed by atoms with Gasteiger partial charge < -0.3 is 15.2 Å². The van der Waals surface area contributed by atoms with Gasteiger partial charge in [0.15, 0.2) is 0 Å². The van der Waals surface area contributed by atoms with Crippen LogP contribution in [0.1, 0.15) is 25.7 Å². The molecule has 3 heteroatoms. The van der Waals surface area contributed by atoms with Gasteiger partial charge >= 0.3 is 0 Å². The van der Waals surface area contributed by atoms with E-state index >= 15 is 0 Å². The van der Waals surface area contributed by atoms with Crippen molar-refractivity contribution in [3.05, 3.63) is 0 Å². The van der Waals surface area contributed by atoms with Crippen LogP contribution >= 0.6 is 0 Å². The molecular formula is C9H17NO2. The summed E-state index contributed by atoms with van der Waals surface area (Å²) < 4.78 is 5.75. The Kier molecular flexibility index (Phi) is 2.35. The molecule has 0 radical (unpaired) electrons. The van der Waals surface area contributed by atoms with Gasteiger partial charge in [0.2, 0.25) is 0 Å². The fourth-order valence-electron chi connectivity index (χ4n) is 2.24. The van der Waals surface area contributed by atoms with Gasteiger partial charge in [0.1, 0.15) is 0 Å². The lowest BCUT2D eigenvalue weighted by Crippen LogP contribution is -2.52. The zero-order valence-corrected chi connectivity index (χ0v) is 7.38. The zero-order chi connectivity index (χ0) is 8.44. The van der Waals surface area contributed by atoms with Crippen LogP contribution in [0.25, 0.3) is 0 Å². The molecule has 2 N–H and O–H groups in total. The van der Waals surface area contributed by atoms with E-state index in [-0.39, 0.29) is 11.7 Å². The van der Waals surface area contributed by atoms with Gasteiger partial charge in [-0.05, 0) is 25.8 Å². The lowest BCUT2D eigenvalue weighted by Gasteiger charge is -2.42. The Balaban J connectivity index is 1.97. The Morgan fingerprint density at radius 1 is 1.50 bits per heavy atom. The number of ether oxygens (including phenoxy) is 1. The van der Waals surface area contributed by atoms with Crippen LogP contribution in [0.2, 0.25) is 0 Å². The number of rotatable bonds is 0. The predicted molar refractivity (Wildman–Crippen MR) is 46.0 cm³/mol. The second-order valence-corrected chi connectivity index (χ2v) is 3.96. The highest BCUT2D eigenvalue weighted by Gasteiger charge is 2.37. The smallest absolute Gasteiger partial charge is 0.0831 e. The highest BCUT2D eigenvalue weighted by molar-refractivity contribution is 4.91. The Hall–Kier alpha value is -0.120. The first kappa shape index (κ1) is 8.48. The summed E-state index contributed by atoms with van der Waals surface area (Å²) in [7, 11) is 0. The van der Waals surface area contributed by atoms with Gasteiger partial charge in [-0.1, -0.05) is 0 Å². The first-order valence-electron chi connectivity index (χ1n) is 4.84. The van der Waals surface area contributed by atoms with E-state index in [9.17, 15) is 5.11 Å². The quantitative estimate of drug-likeness (QED) is 0.550. The zero-order valence-electron chi connectivity index (χ0n) is 7.38. The number of aliphatic hydroxyl groups excluding tert-OH is 1. The SMILES string of the molecule is OC1CCOC2(CCCNC2)C1. The van der Waals surface area contributed by atoms with Gasteiger partial charge in [-0.2, -0.15) is 0 Å². The van der Waals surface area contributed by atoms with E-state index in [2.05, 4.69) is 5.32 Å². The summed E-state index contributed by atoms with van der Waals surface area (Å²) in [5.74, 6) is 0. The molecule has 0 aromatic rings. The standard InChI is InChI=1S/C9H17NO2/c11-8-2-5-12-9(6-8)3-1-4-10-7-9/h8,10-11H,1-7H2. The molecule has 0 aromatic carbocycles. The molecule has 3 nitrogen and oxygen atoms in total. The lowest BCUT2D eigenvalue weighted by molar-refractivity contribution is -0.127. The van der Waals surface area contributed by atoms with Crippen LogP contribution in [0.15, 0.2) is 0 Å². The first-order chi connectivity index (χ1) is 5.81. The minimum atomic E-state index is -0.140. The van der Waals surface area contributed by atoms with Crippen molar-refractivity contribution in [2.24, 2.45) is 0 Å². The van der Waals surface area contributed by atoms with Gasteiger partial charge in [-0.3, -0.25) is 0 Å². The molecule has 2 fully saturated rings. The molecule has 2 atom stereocenters. The third-order valence-electron chi connectivity index (χ3n) is 2.90. The third kappa shape index (κ3) is 1.63. The topological polar surface area (TPSA) is 41.5 Å². The maximum absolute atomic E-state index is 9.52. The Morgan fingerprint density at radius 2 is 2.42 bits per heavy atom. The summed E-state index contributed by atoms with van der Waals surface area (Å²) in [6.07, 6.45) is 3.77. The second kappa shape index (κ2) is 3.32. The number of hydrogen-bond donors (Lipinski definition) is 2. The fourth-order valence-corrected chi connectivity index (χ4v) is 2.24. The van der Waals surface area contributed by atoms with Crippen molar-refractivity contribution in [2.45, 2.75) is 37.4 Å². The predicted octanol–water partition coefficient (Wildman–Crippen LogP) is 0.280. The van der Waals surface area contributed by atoms with Crippen LogP contribution in [-0.2, 0) is 4.74 Å². The van der Waals surface area contributed by atoms with Gasteiger partial charge in [0.25, 0.3) is 0 Å². The Morgan fingerprint density at radius 3 is 3.08 bits per heavy atom.